The summed E-state index contributed by atoms with van der Waals surface area (Å²) in [6, 6.07) is 0. The summed E-state index contributed by atoms with van der Waals surface area (Å²) in [4.78, 5) is 22.8. The minimum Gasteiger partial charge on any atom is -0.462 e. The van der Waals surface area contributed by atoms with Crippen LogP contribution >= 0.6 is 0 Å². The van der Waals surface area contributed by atoms with Gasteiger partial charge in [-0.15, -0.1) is 0 Å². The standard InChI is InChI=1S/C14H18F3N3O4/c1-5-24-11(21)9-8-18-20(10(9)14(15,16)17)7-6-13(2,3)19-12(22)23-4/h6-8H,5H2,1-4H3,(H,19,22)/b7-6+. The first-order valence-electron chi connectivity index (χ1n) is 6.89. The van der Waals surface area contributed by atoms with Gasteiger partial charge in [0.1, 0.15) is 5.56 Å². The first-order chi connectivity index (χ1) is 11.0. The molecule has 0 atom stereocenters. The lowest BCUT2D eigenvalue weighted by Crippen LogP contribution is -2.41. The van der Waals surface area contributed by atoms with E-state index in [-0.39, 0.29) is 6.61 Å². The first kappa shape index (κ1) is 19.5. The van der Waals surface area contributed by atoms with Gasteiger partial charge in [-0.1, -0.05) is 0 Å². The summed E-state index contributed by atoms with van der Waals surface area (Å²) in [5.74, 6) is -1.11. The molecule has 7 nitrogen and oxygen atoms in total. The third-order valence-corrected chi connectivity index (χ3v) is 2.80. The van der Waals surface area contributed by atoms with Gasteiger partial charge < -0.3 is 14.8 Å². The molecule has 0 fully saturated rings. The predicted molar refractivity (Wildman–Crippen MR) is 78.1 cm³/mol. The van der Waals surface area contributed by atoms with Crippen molar-refractivity contribution < 1.29 is 32.2 Å². The number of carbonyl (C=O) groups excluding carboxylic acids is 2. The molecule has 0 aliphatic rings. The summed E-state index contributed by atoms with van der Waals surface area (Å²) in [7, 11) is 1.16. The fourth-order valence-electron chi connectivity index (χ4n) is 1.73. The molecule has 0 spiro atoms. The zero-order chi connectivity index (χ0) is 18.5. The lowest BCUT2D eigenvalue weighted by atomic mass is 10.1. The molecule has 1 aromatic rings. The van der Waals surface area contributed by atoms with Gasteiger partial charge in [0.25, 0.3) is 0 Å². The van der Waals surface area contributed by atoms with E-state index in [4.69, 9.17) is 0 Å². The Labute approximate surface area is 136 Å². The third-order valence-electron chi connectivity index (χ3n) is 2.80. The maximum absolute atomic E-state index is 13.2. The van der Waals surface area contributed by atoms with E-state index in [0.717, 1.165) is 19.5 Å². The van der Waals surface area contributed by atoms with Crippen molar-refractivity contribution in [2.45, 2.75) is 32.5 Å². The second-order valence-corrected chi connectivity index (χ2v) is 5.22. The van der Waals surface area contributed by atoms with Crippen LogP contribution in [-0.2, 0) is 15.7 Å². The molecule has 0 aromatic carbocycles. The normalized spacial score (nSPS) is 12.3. The highest BCUT2D eigenvalue weighted by Gasteiger charge is 2.40. The van der Waals surface area contributed by atoms with E-state index in [1.165, 1.54) is 13.0 Å². The lowest BCUT2D eigenvalue weighted by Gasteiger charge is -2.21. The van der Waals surface area contributed by atoms with E-state index in [1.54, 1.807) is 13.8 Å². The number of carbonyl (C=O) groups is 2. The smallest absolute Gasteiger partial charge is 0.434 e. The fourth-order valence-corrected chi connectivity index (χ4v) is 1.73. The van der Waals surface area contributed by atoms with Crippen molar-refractivity contribution in [1.82, 2.24) is 15.1 Å². The van der Waals surface area contributed by atoms with E-state index in [2.05, 4.69) is 19.9 Å². The van der Waals surface area contributed by atoms with Crippen LogP contribution in [0, 0.1) is 0 Å². The van der Waals surface area contributed by atoms with Crippen molar-refractivity contribution in [3.63, 3.8) is 0 Å². The number of nitrogens with one attached hydrogen (secondary N) is 1. The molecule has 0 unspecified atom stereocenters. The van der Waals surface area contributed by atoms with Crippen LogP contribution in [-0.4, -0.2) is 41.1 Å². The van der Waals surface area contributed by atoms with Crippen LogP contribution in [0.2, 0.25) is 0 Å². The molecule has 0 aliphatic carbocycles. The number of amides is 1. The lowest BCUT2D eigenvalue weighted by molar-refractivity contribution is -0.143. The molecular formula is C14H18F3N3O4. The molecule has 1 rings (SSSR count). The van der Waals surface area contributed by atoms with Crippen LogP contribution in [0.15, 0.2) is 12.3 Å². The largest absolute Gasteiger partial charge is 0.462 e. The topological polar surface area (TPSA) is 82.5 Å². The minimum atomic E-state index is -4.82. The van der Waals surface area contributed by atoms with Crippen molar-refractivity contribution in [2.24, 2.45) is 0 Å². The van der Waals surface area contributed by atoms with Crippen LogP contribution in [0.4, 0.5) is 18.0 Å². The van der Waals surface area contributed by atoms with Gasteiger partial charge in [0.05, 0.1) is 25.5 Å². The van der Waals surface area contributed by atoms with Crippen LogP contribution in [0.3, 0.4) is 0 Å². The zero-order valence-electron chi connectivity index (χ0n) is 13.6. The van der Waals surface area contributed by atoms with Gasteiger partial charge >= 0.3 is 18.2 Å². The Balaban J connectivity index is 3.18. The maximum Gasteiger partial charge on any atom is 0.434 e. The van der Waals surface area contributed by atoms with Crippen LogP contribution < -0.4 is 5.32 Å². The Morgan fingerprint density at radius 3 is 2.50 bits per heavy atom. The van der Waals surface area contributed by atoms with E-state index in [1.807, 2.05) is 0 Å². The van der Waals surface area contributed by atoms with E-state index in [0.29, 0.717) is 4.68 Å². The average Bonchev–Trinajstić information content (AvgIpc) is 2.89. The maximum atomic E-state index is 13.2. The van der Waals surface area contributed by atoms with Crippen LogP contribution in [0.1, 0.15) is 36.8 Å². The molecule has 0 radical (unpaired) electrons. The monoisotopic (exact) mass is 349 g/mol. The molecule has 24 heavy (non-hydrogen) atoms. The van der Waals surface area contributed by atoms with Gasteiger partial charge in [0.2, 0.25) is 0 Å². The summed E-state index contributed by atoms with van der Waals surface area (Å²) < 4.78 is 49.2. The molecule has 10 heteroatoms. The summed E-state index contributed by atoms with van der Waals surface area (Å²) in [6.07, 6.45) is -2.49. The summed E-state index contributed by atoms with van der Waals surface area (Å²) >= 11 is 0. The molecule has 134 valence electrons. The number of methoxy groups -OCH3 is 1. The Kier molecular flexibility index (Phi) is 5.99. The van der Waals surface area contributed by atoms with Gasteiger partial charge in [0, 0.05) is 6.20 Å². The van der Waals surface area contributed by atoms with Crippen molar-refractivity contribution in [3.05, 3.63) is 23.5 Å². The quantitative estimate of drug-likeness (QED) is 0.827. The second kappa shape index (κ2) is 7.37. The number of alkyl carbamates (subject to hydrolysis) is 1. The Morgan fingerprint density at radius 2 is 2.00 bits per heavy atom. The number of rotatable bonds is 5. The number of hydrogen-bond acceptors (Lipinski definition) is 5. The molecule has 0 saturated heterocycles. The van der Waals surface area contributed by atoms with Gasteiger partial charge in [0.15, 0.2) is 5.69 Å². The Morgan fingerprint density at radius 1 is 1.38 bits per heavy atom. The number of nitrogens with zero attached hydrogens (tertiary/aromatic N) is 2. The highest BCUT2D eigenvalue weighted by molar-refractivity contribution is 5.90. The Hall–Kier alpha value is -2.52. The molecule has 1 amide bonds. The SMILES string of the molecule is CCOC(=O)c1cnn(/C=C/C(C)(C)NC(=O)OC)c1C(F)(F)F. The number of ether oxygens (including phenoxy) is 2. The van der Waals surface area contributed by atoms with Crippen molar-refractivity contribution in [2.75, 3.05) is 13.7 Å². The summed E-state index contributed by atoms with van der Waals surface area (Å²) in [6.45, 7) is 4.51. The molecule has 1 N–H and O–H groups in total. The number of aromatic nitrogens is 2. The van der Waals surface area contributed by atoms with Crippen LogP contribution in [0.5, 0.6) is 0 Å². The van der Waals surface area contributed by atoms with E-state index >= 15 is 0 Å². The highest BCUT2D eigenvalue weighted by atomic mass is 19.4. The summed E-state index contributed by atoms with van der Waals surface area (Å²) in [5, 5.41) is 5.98. The van der Waals surface area contributed by atoms with E-state index in [9.17, 15) is 22.8 Å². The summed E-state index contributed by atoms with van der Waals surface area (Å²) in [5.41, 5.74) is -2.95. The number of esters is 1. The Bertz CT molecular complexity index is 636. The third kappa shape index (κ3) is 5.00. The van der Waals surface area contributed by atoms with Gasteiger partial charge in [-0.3, -0.25) is 0 Å². The zero-order valence-corrected chi connectivity index (χ0v) is 13.6. The van der Waals surface area contributed by atoms with Gasteiger partial charge in [-0.05, 0) is 26.8 Å². The van der Waals surface area contributed by atoms with E-state index < -0.39 is 35.0 Å². The fraction of sp³-hybridized carbons (Fsp3) is 0.500. The van der Waals surface area contributed by atoms with Gasteiger partial charge in [-0.25, -0.2) is 14.3 Å². The molecule has 0 saturated carbocycles. The molecular weight excluding hydrogens is 331 g/mol. The van der Waals surface area contributed by atoms with Crippen molar-refractivity contribution >= 4 is 18.3 Å². The molecule has 1 heterocycles. The molecule has 0 aliphatic heterocycles. The van der Waals surface area contributed by atoms with Crippen molar-refractivity contribution in [1.29, 1.82) is 0 Å². The minimum absolute atomic E-state index is 0.0623. The number of alkyl halides is 3. The van der Waals surface area contributed by atoms with Gasteiger partial charge in [-0.2, -0.15) is 18.3 Å². The van der Waals surface area contributed by atoms with Crippen LogP contribution in [0.25, 0.3) is 6.20 Å². The van der Waals surface area contributed by atoms with Crippen molar-refractivity contribution in [3.8, 4) is 0 Å². The predicted octanol–water partition coefficient (Wildman–Crippen LogP) is 2.68. The molecule has 1 aromatic heterocycles. The molecule has 0 bridgehead atoms. The first-order valence-corrected chi connectivity index (χ1v) is 6.89. The average molecular weight is 349 g/mol. The second-order valence-electron chi connectivity index (χ2n) is 5.22. The number of hydrogen-bond donors (Lipinski definition) is 1. The highest BCUT2D eigenvalue weighted by Crippen LogP contribution is 2.32. The number of halogens is 3.